The number of hydrogen-bond donors (Lipinski definition) is 1. The van der Waals surface area contributed by atoms with Gasteiger partial charge in [-0.3, -0.25) is 4.79 Å². The van der Waals surface area contributed by atoms with E-state index in [-0.39, 0.29) is 44.2 Å². The van der Waals surface area contributed by atoms with Crippen molar-refractivity contribution < 1.29 is 9.90 Å². The van der Waals surface area contributed by atoms with Gasteiger partial charge >= 0.3 is 37.7 Å². The van der Waals surface area contributed by atoms with Gasteiger partial charge in [-0.1, -0.05) is 0 Å². The predicted molar refractivity (Wildman–Crippen MR) is 23.0 cm³/mol. The summed E-state index contributed by atoms with van der Waals surface area (Å²) in [6.45, 7) is -0.250. The summed E-state index contributed by atoms with van der Waals surface area (Å²) in [6, 6.07) is 0. The predicted octanol–water partition coefficient (Wildman–Crippen LogP) is -1.60. The van der Waals surface area contributed by atoms with Gasteiger partial charge in [-0.15, -0.1) is 0 Å². The molecule has 5 heavy (non-hydrogen) atoms. The number of hydrogen-bond acceptors (Lipinski definition) is 1. The van der Waals surface area contributed by atoms with Crippen molar-refractivity contribution in [3.8, 4) is 0 Å². The van der Waals surface area contributed by atoms with Crippen molar-refractivity contribution in [2.45, 2.75) is 0 Å². The molecule has 4 heteroatoms. The molecule has 0 saturated carbocycles. The Labute approximate surface area is 54.3 Å². The first-order chi connectivity index (χ1) is 1.41. The maximum absolute atomic E-state index is 8.36. The number of carbonyl (C=O) groups is 1. The second-order valence-corrected chi connectivity index (χ2v) is 0.105. The van der Waals surface area contributed by atoms with E-state index in [1.807, 2.05) is 0 Å². The molecule has 1 N–H and O–H groups in total. The molecule has 0 saturated heterocycles. The fourth-order valence-corrected chi connectivity index (χ4v) is 0. The van der Waals surface area contributed by atoms with E-state index in [9.17, 15) is 0 Å². The Morgan fingerprint density at radius 3 is 1.40 bits per heavy atom. The molecule has 0 aliphatic rings. The monoisotopic (exact) mass is 62.1 g/mol. The van der Waals surface area contributed by atoms with Crippen LogP contribution in [0.1, 0.15) is 0 Å². The molecule has 0 aromatic heterocycles. The van der Waals surface area contributed by atoms with Gasteiger partial charge in [-0.2, -0.15) is 0 Å². The van der Waals surface area contributed by atoms with Gasteiger partial charge in [0.1, 0.15) is 0 Å². The first-order valence-electron chi connectivity index (χ1n) is 0.494. The van der Waals surface area contributed by atoms with E-state index >= 15 is 0 Å². The molecule has 0 amide bonds. The summed E-state index contributed by atoms with van der Waals surface area (Å²) in [7, 11) is 0. The van der Waals surface area contributed by atoms with Crippen molar-refractivity contribution in [3.05, 3.63) is 0 Å². The third-order valence-corrected chi connectivity index (χ3v) is 0. The van der Waals surface area contributed by atoms with Gasteiger partial charge in [-0.05, 0) is 0 Å². The topological polar surface area (TPSA) is 37.3 Å². The van der Waals surface area contributed by atoms with Gasteiger partial charge in [0.25, 0.3) is 6.47 Å². The van der Waals surface area contributed by atoms with Crippen molar-refractivity contribution in [1.82, 2.24) is 0 Å². The summed E-state index contributed by atoms with van der Waals surface area (Å²) in [4.78, 5) is 8.36. The first-order valence-corrected chi connectivity index (χ1v) is 0.494. The second-order valence-electron chi connectivity index (χ2n) is 0.105. The Morgan fingerprint density at radius 1 is 1.40 bits per heavy atom. The Morgan fingerprint density at radius 2 is 1.40 bits per heavy atom. The van der Waals surface area contributed by atoms with Crippen LogP contribution in [0.5, 0.6) is 0 Å². The van der Waals surface area contributed by atoms with Gasteiger partial charge in [0, 0.05) is 0 Å². The van der Waals surface area contributed by atoms with Crippen LogP contribution in [0.4, 0.5) is 0 Å². The van der Waals surface area contributed by atoms with Crippen LogP contribution < -0.4 is 0 Å². The van der Waals surface area contributed by atoms with Crippen LogP contribution in [0, 0.1) is 0 Å². The van der Waals surface area contributed by atoms with Gasteiger partial charge in [-0.25, -0.2) is 0 Å². The molecule has 0 atom stereocenters. The molecule has 0 unspecified atom stereocenters. The van der Waals surface area contributed by atoms with Crippen LogP contribution in [0.3, 0.4) is 0 Å². The second kappa shape index (κ2) is 22.6. The van der Waals surface area contributed by atoms with Crippen LogP contribution >= 0.6 is 0 Å². The fraction of sp³-hybridized carbons (Fsp3) is 0. The third kappa shape index (κ3) is 75.0. The summed E-state index contributed by atoms with van der Waals surface area (Å²) in [5, 5.41) is 6.89. The fourth-order valence-electron chi connectivity index (χ4n) is 0. The molecular weight excluding hydrogens is 57.9 g/mol. The quantitative estimate of drug-likeness (QED) is 0.271. The number of rotatable bonds is 0. The molecule has 2 nitrogen and oxygen atoms in total. The molecule has 0 rings (SSSR count). The first kappa shape index (κ1) is 17.4. The maximum atomic E-state index is 8.36. The van der Waals surface area contributed by atoms with Crippen molar-refractivity contribution in [2.75, 3.05) is 0 Å². The van der Waals surface area contributed by atoms with Gasteiger partial charge in [0.05, 0.1) is 0 Å². The van der Waals surface area contributed by atoms with E-state index in [4.69, 9.17) is 9.90 Å². The van der Waals surface area contributed by atoms with Crippen LogP contribution in [-0.4, -0.2) is 49.3 Å². The van der Waals surface area contributed by atoms with Gasteiger partial charge in [0.15, 0.2) is 0 Å². The van der Waals surface area contributed by atoms with E-state index in [1.54, 1.807) is 0 Å². The molecule has 0 heterocycles. The minimum absolute atomic E-state index is 0. The van der Waals surface area contributed by atoms with E-state index in [1.165, 1.54) is 0 Å². The van der Waals surface area contributed by atoms with E-state index in [0.29, 0.717) is 0 Å². The third-order valence-electron chi connectivity index (χ3n) is 0. The van der Waals surface area contributed by atoms with Gasteiger partial charge < -0.3 is 5.11 Å². The average Bonchev–Trinajstić information content (AvgIpc) is 0.918. The molecule has 0 aliphatic carbocycles. The summed E-state index contributed by atoms with van der Waals surface area (Å²) in [6.07, 6.45) is 0. The van der Waals surface area contributed by atoms with Crippen molar-refractivity contribution in [1.29, 1.82) is 0 Å². The van der Waals surface area contributed by atoms with Gasteiger partial charge in [0.2, 0.25) is 0 Å². The zero-order valence-electron chi connectivity index (χ0n) is 1.43. The number of carboxylic acid groups (broad SMARTS) is 1. The van der Waals surface area contributed by atoms with Crippen LogP contribution in [-0.2, 0) is 4.79 Å². The summed E-state index contributed by atoms with van der Waals surface area (Å²) >= 11 is 0. The standard InChI is InChI=1S/CH2O2.2Li.2H/c2-1-3;;;;/h1H,(H,2,3);;;;. The summed E-state index contributed by atoms with van der Waals surface area (Å²) < 4.78 is 0. The van der Waals surface area contributed by atoms with Crippen molar-refractivity contribution >= 4 is 44.2 Å². The molecule has 0 radical (unpaired) electrons. The molecule has 0 aromatic rings. The van der Waals surface area contributed by atoms with E-state index < -0.39 is 0 Å². The molecular formula is CH4Li2O2. The molecule has 0 aromatic carbocycles. The van der Waals surface area contributed by atoms with Crippen molar-refractivity contribution in [3.63, 3.8) is 0 Å². The Hall–Kier alpha value is 0.665. The minimum atomic E-state index is -0.250. The van der Waals surface area contributed by atoms with E-state index in [0.717, 1.165) is 0 Å². The molecule has 0 spiro atoms. The molecule has 0 fully saturated rings. The zero-order valence-corrected chi connectivity index (χ0v) is 1.43. The molecule has 0 bridgehead atoms. The molecule has 22 valence electrons. The zero-order chi connectivity index (χ0) is 2.71. The van der Waals surface area contributed by atoms with Crippen molar-refractivity contribution in [2.24, 2.45) is 0 Å². The SMILES string of the molecule is O=CO.[LiH].[LiH]. The summed E-state index contributed by atoms with van der Waals surface area (Å²) in [5.74, 6) is 0. The molecule has 0 aliphatic heterocycles. The van der Waals surface area contributed by atoms with Crippen LogP contribution in [0.25, 0.3) is 0 Å². The van der Waals surface area contributed by atoms with E-state index in [2.05, 4.69) is 0 Å². The summed E-state index contributed by atoms with van der Waals surface area (Å²) in [5.41, 5.74) is 0. The van der Waals surface area contributed by atoms with Crippen LogP contribution in [0.15, 0.2) is 0 Å². The Kier molecular flexibility index (Phi) is 78.5. The Balaban J connectivity index is -0.0000000200. The normalized spacial score (nSPS) is 2.40. The Bertz CT molecular complexity index is 15.1. The van der Waals surface area contributed by atoms with Crippen LogP contribution in [0.2, 0.25) is 0 Å². The average molecular weight is 61.9 g/mol.